The van der Waals surface area contributed by atoms with E-state index in [-0.39, 0.29) is 36.7 Å². The Kier molecular flexibility index (Phi) is 8.91. The van der Waals surface area contributed by atoms with Crippen molar-refractivity contribution in [2.45, 2.75) is 64.3 Å². The molecule has 3 amide bonds. The van der Waals surface area contributed by atoms with Gasteiger partial charge in [0.1, 0.15) is 19.3 Å². The predicted molar refractivity (Wildman–Crippen MR) is 137 cm³/mol. The largest absolute Gasteiger partial charge is 0.448 e. The van der Waals surface area contributed by atoms with E-state index in [1.165, 1.54) is 4.90 Å². The summed E-state index contributed by atoms with van der Waals surface area (Å²) in [5.41, 5.74) is 0.975. The van der Waals surface area contributed by atoms with E-state index in [1.807, 2.05) is 37.3 Å². The fraction of sp³-hybridized carbons (Fsp3) is 0.667. The number of nitrogens with zero attached hydrogens (tertiary/aromatic N) is 3. The molecule has 3 atom stereocenters. The second kappa shape index (κ2) is 12.1. The molecule has 10 nitrogen and oxygen atoms in total. The molecule has 4 rings (SSSR count). The minimum Gasteiger partial charge on any atom is -0.448 e. The van der Waals surface area contributed by atoms with Crippen LogP contribution in [0.5, 0.6) is 0 Å². The highest BCUT2D eigenvalue weighted by molar-refractivity contribution is 5.86. The van der Waals surface area contributed by atoms with Gasteiger partial charge in [0.15, 0.2) is 0 Å². The van der Waals surface area contributed by atoms with Crippen LogP contribution < -0.4 is 5.32 Å². The summed E-state index contributed by atoms with van der Waals surface area (Å²) in [6.07, 6.45) is 2.37. The number of carbonyl (C=O) groups is 3. The molecule has 1 aliphatic carbocycles. The van der Waals surface area contributed by atoms with E-state index in [9.17, 15) is 19.5 Å². The predicted octanol–water partition coefficient (Wildman–Crippen LogP) is 2.21. The van der Waals surface area contributed by atoms with Crippen molar-refractivity contribution in [1.82, 2.24) is 20.0 Å². The number of hydrogen-bond donors (Lipinski definition) is 2. The average Bonchev–Trinajstić information content (AvgIpc) is 3.68. The maximum Gasteiger partial charge on any atom is 0.410 e. The van der Waals surface area contributed by atoms with Crippen molar-refractivity contribution in [2.24, 2.45) is 5.41 Å². The highest BCUT2D eigenvalue weighted by Gasteiger charge is 2.52. The number of piperazine rings is 1. The molecule has 3 aliphatic rings. The number of amides is 3. The SMILES string of the molecule is CCNC(=O)OC[C@H](CCN1CCN(C(=O)OCc2ccccc2)[C@@H](C)C1=O)N1CCC2(CC2)[C@H](O)C1. The second-order valence-corrected chi connectivity index (χ2v) is 10.4. The van der Waals surface area contributed by atoms with Crippen LogP contribution >= 0.6 is 0 Å². The van der Waals surface area contributed by atoms with E-state index in [4.69, 9.17) is 9.47 Å². The summed E-state index contributed by atoms with van der Waals surface area (Å²) in [7, 11) is 0. The van der Waals surface area contributed by atoms with E-state index in [0.717, 1.165) is 31.4 Å². The van der Waals surface area contributed by atoms with Gasteiger partial charge in [0.05, 0.1) is 6.10 Å². The number of alkyl carbamates (subject to hydrolysis) is 1. The highest BCUT2D eigenvalue weighted by Crippen LogP contribution is 2.53. The Morgan fingerprint density at radius 1 is 1.14 bits per heavy atom. The van der Waals surface area contributed by atoms with Crippen molar-refractivity contribution in [3.63, 3.8) is 0 Å². The topological polar surface area (TPSA) is 112 Å². The molecule has 0 radical (unpaired) electrons. The van der Waals surface area contributed by atoms with Crippen molar-refractivity contribution in [1.29, 1.82) is 0 Å². The molecule has 37 heavy (non-hydrogen) atoms. The number of aliphatic hydroxyl groups is 1. The van der Waals surface area contributed by atoms with Gasteiger partial charge in [0, 0.05) is 38.8 Å². The first kappa shape index (κ1) is 27.2. The zero-order valence-electron chi connectivity index (χ0n) is 21.9. The number of β-amino-alcohol motifs (C(OH)–C–C–N with tert-alkyl or cyclic N) is 1. The number of piperidine rings is 1. The maximum atomic E-state index is 13.1. The Bertz CT molecular complexity index is 940. The van der Waals surface area contributed by atoms with Gasteiger partial charge in [-0.2, -0.15) is 0 Å². The lowest BCUT2D eigenvalue weighted by atomic mass is 9.89. The number of aliphatic hydroxyl groups excluding tert-OH is 1. The van der Waals surface area contributed by atoms with E-state index in [0.29, 0.717) is 39.1 Å². The summed E-state index contributed by atoms with van der Waals surface area (Å²) < 4.78 is 10.9. The van der Waals surface area contributed by atoms with Crippen LogP contribution in [0.2, 0.25) is 0 Å². The molecule has 2 heterocycles. The zero-order chi connectivity index (χ0) is 26.4. The van der Waals surface area contributed by atoms with Crippen molar-refractivity contribution >= 4 is 18.1 Å². The van der Waals surface area contributed by atoms with Crippen molar-refractivity contribution < 1.29 is 29.0 Å². The quantitative estimate of drug-likeness (QED) is 0.518. The third-order valence-corrected chi connectivity index (χ3v) is 8.07. The normalized spacial score (nSPS) is 24.0. The van der Waals surface area contributed by atoms with Crippen LogP contribution in [0.15, 0.2) is 30.3 Å². The molecule has 2 aliphatic heterocycles. The van der Waals surface area contributed by atoms with Crippen LogP contribution in [0.25, 0.3) is 0 Å². The van der Waals surface area contributed by atoms with Crippen molar-refractivity contribution in [2.75, 3.05) is 45.9 Å². The van der Waals surface area contributed by atoms with Gasteiger partial charge in [0.25, 0.3) is 0 Å². The molecule has 0 unspecified atom stereocenters. The molecule has 10 heteroatoms. The van der Waals surface area contributed by atoms with E-state index in [1.54, 1.807) is 11.8 Å². The summed E-state index contributed by atoms with van der Waals surface area (Å²) in [6, 6.07) is 8.72. The first-order valence-corrected chi connectivity index (χ1v) is 13.4. The Labute approximate surface area is 218 Å². The smallest absolute Gasteiger partial charge is 0.410 e. The lowest BCUT2D eigenvalue weighted by molar-refractivity contribution is -0.140. The van der Waals surface area contributed by atoms with Gasteiger partial charge in [-0.15, -0.1) is 0 Å². The number of rotatable bonds is 9. The van der Waals surface area contributed by atoms with Gasteiger partial charge in [-0.05, 0) is 57.1 Å². The molecule has 1 spiro atoms. The first-order chi connectivity index (χ1) is 17.8. The third kappa shape index (κ3) is 6.73. The molecule has 0 bridgehead atoms. The van der Waals surface area contributed by atoms with Crippen LogP contribution in [0.3, 0.4) is 0 Å². The molecule has 1 aromatic carbocycles. The maximum absolute atomic E-state index is 13.1. The molecule has 0 aromatic heterocycles. The number of hydrogen-bond acceptors (Lipinski definition) is 7. The number of ether oxygens (including phenoxy) is 2. The summed E-state index contributed by atoms with van der Waals surface area (Å²) in [5.74, 6) is -0.123. The van der Waals surface area contributed by atoms with Gasteiger partial charge >= 0.3 is 12.2 Å². The van der Waals surface area contributed by atoms with Gasteiger partial charge in [-0.25, -0.2) is 9.59 Å². The number of nitrogens with one attached hydrogen (secondary N) is 1. The van der Waals surface area contributed by atoms with Gasteiger partial charge in [-0.1, -0.05) is 30.3 Å². The zero-order valence-corrected chi connectivity index (χ0v) is 21.9. The lowest BCUT2D eigenvalue weighted by Gasteiger charge is -2.42. The Hall–Kier alpha value is -2.85. The molecule has 3 fully saturated rings. The molecular weight excluding hydrogens is 476 g/mol. The summed E-state index contributed by atoms with van der Waals surface area (Å²) in [6.45, 7) is 7.09. The standard InChI is InChI=1S/C27H40N4O6/c1-3-28-25(34)36-19-22(30-14-12-27(10-11-27)23(32)17-30)9-13-29-15-16-31(20(2)24(29)33)26(35)37-18-21-7-5-4-6-8-21/h4-8,20,22-23,32H,3,9-19H2,1-2H3,(H,28,34)/t20-,22-,23+/m0/s1. The molecule has 2 N–H and O–H groups in total. The van der Waals surface area contributed by atoms with Crippen molar-refractivity contribution in [3.8, 4) is 0 Å². The molecule has 204 valence electrons. The number of carbonyl (C=O) groups excluding carboxylic acids is 3. The average molecular weight is 517 g/mol. The Morgan fingerprint density at radius 3 is 2.57 bits per heavy atom. The summed E-state index contributed by atoms with van der Waals surface area (Å²) in [4.78, 5) is 43.2. The minimum atomic E-state index is -0.617. The molecule has 1 saturated carbocycles. The monoisotopic (exact) mass is 516 g/mol. The fourth-order valence-electron chi connectivity index (χ4n) is 5.36. The number of benzene rings is 1. The van der Waals surface area contributed by atoms with E-state index in [2.05, 4.69) is 10.2 Å². The molecule has 1 aromatic rings. The molecular formula is C27H40N4O6. The van der Waals surface area contributed by atoms with Gasteiger partial charge in [0.2, 0.25) is 5.91 Å². The Morgan fingerprint density at radius 2 is 1.89 bits per heavy atom. The van der Waals surface area contributed by atoms with Crippen LogP contribution in [0.1, 0.15) is 45.1 Å². The van der Waals surface area contributed by atoms with Gasteiger partial charge < -0.3 is 24.8 Å². The first-order valence-electron chi connectivity index (χ1n) is 13.4. The Balaban J connectivity index is 1.30. The minimum absolute atomic E-state index is 0.0817. The van der Waals surface area contributed by atoms with Crippen LogP contribution in [0, 0.1) is 5.41 Å². The van der Waals surface area contributed by atoms with Crippen LogP contribution in [-0.4, -0.2) is 102 Å². The lowest BCUT2D eigenvalue weighted by Crippen LogP contribution is -2.58. The third-order valence-electron chi connectivity index (χ3n) is 8.07. The number of likely N-dealkylation sites (tertiary alicyclic amines) is 1. The van der Waals surface area contributed by atoms with Crippen LogP contribution in [0.4, 0.5) is 9.59 Å². The fourth-order valence-corrected chi connectivity index (χ4v) is 5.36. The van der Waals surface area contributed by atoms with Crippen molar-refractivity contribution in [3.05, 3.63) is 35.9 Å². The molecule has 2 saturated heterocycles. The highest BCUT2D eigenvalue weighted by atomic mass is 16.6. The van der Waals surface area contributed by atoms with Crippen LogP contribution in [-0.2, 0) is 20.9 Å². The van der Waals surface area contributed by atoms with Gasteiger partial charge in [-0.3, -0.25) is 14.6 Å². The van der Waals surface area contributed by atoms with E-state index < -0.39 is 18.2 Å². The second-order valence-electron chi connectivity index (χ2n) is 10.4. The summed E-state index contributed by atoms with van der Waals surface area (Å²) >= 11 is 0. The van der Waals surface area contributed by atoms with E-state index >= 15 is 0 Å². The summed E-state index contributed by atoms with van der Waals surface area (Å²) in [5, 5.41) is 13.3.